The van der Waals surface area contributed by atoms with Crippen molar-refractivity contribution in [3.8, 4) is 0 Å². The van der Waals surface area contributed by atoms with E-state index < -0.39 is 17.4 Å². The van der Waals surface area contributed by atoms with Gasteiger partial charge in [0.25, 0.3) is 10.7 Å². The minimum Gasteiger partial charge on any atom is -0.406 e. The number of hydrogen-bond donors (Lipinski definition) is 3. The molecule has 0 bridgehead atoms. The number of H-pyrrole nitrogens is 1. The van der Waals surface area contributed by atoms with E-state index in [9.17, 15) is 14.4 Å². The van der Waals surface area contributed by atoms with Crippen molar-refractivity contribution in [1.82, 2.24) is 20.8 Å². The van der Waals surface area contributed by atoms with Gasteiger partial charge in [0.2, 0.25) is 17.6 Å². The SMILES string of the molecule is CC(C)CC(NC(=O)C1(NC(=O)CCc2ccccc2)CCCCC1)C(=O)c1n[nH]c(=S)o1. The molecule has 2 amide bonds. The Hall–Kier alpha value is -2.81. The average molecular weight is 473 g/mol. The molecular formula is C24H32N4O4S. The van der Waals surface area contributed by atoms with Gasteiger partial charge >= 0.3 is 0 Å². The summed E-state index contributed by atoms with van der Waals surface area (Å²) in [4.78, 5) is 39.3. The first-order valence-electron chi connectivity index (χ1n) is 11.5. The van der Waals surface area contributed by atoms with Crippen LogP contribution >= 0.6 is 12.2 Å². The second-order valence-electron chi connectivity index (χ2n) is 9.11. The van der Waals surface area contributed by atoms with E-state index in [2.05, 4.69) is 20.8 Å². The molecule has 0 saturated heterocycles. The fraction of sp³-hybridized carbons (Fsp3) is 0.542. The summed E-state index contributed by atoms with van der Waals surface area (Å²) in [6.07, 6.45) is 5.08. The van der Waals surface area contributed by atoms with Crippen molar-refractivity contribution in [2.24, 2.45) is 5.92 Å². The highest BCUT2D eigenvalue weighted by atomic mass is 32.1. The molecule has 8 nitrogen and oxygen atoms in total. The second kappa shape index (κ2) is 11.4. The number of ketones is 1. The summed E-state index contributed by atoms with van der Waals surface area (Å²) in [5, 5.41) is 12.2. The maximum atomic E-state index is 13.5. The van der Waals surface area contributed by atoms with Crippen molar-refractivity contribution in [3.63, 3.8) is 0 Å². The lowest BCUT2D eigenvalue weighted by molar-refractivity contribution is -0.135. The summed E-state index contributed by atoms with van der Waals surface area (Å²) >= 11 is 4.87. The van der Waals surface area contributed by atoms with Crippen LogP contribution in [0.2, 0.25) is 0 Å². The van der Waals surface area contributed by atoms with Crippen molar-refractivity contribution in [2.75, 3.05) is 0 Å². The van der Waals surface area contributed by atoms with Crippen LogP contribution in [-0.2, 0) is 16.0 Å². The number of carbonyl (C=O) groups excluding carboxylic acids is 3. The van der Waals surface area contributed by atoms with E-state index in [0.717, 1.165) is 24.8 Å². The van der Waals surface area contributed by atoms with Crippen LogP contribution in [0.25, 0.3) is 0 Å². The van der Waals surface area contributed by atoms with Gasteiger partial charge in [-0.15, -0.1) is 5.10 Å². The Kier molecular flexibility index (Phi) is 8.55. The first kappa shape index (κ1) is 24.8. The number of rotatable bonds is 10. The number of Topliss-reactive ketones (excluding diaryl/α,β-unsaturated/α-hetero) is 1. The molecule has 1 aliphatic rings. The summed E-state index contributed by atoms with van der Waals surface area (Å²) in [5.41, 5.74) is 0.0502. The molecular weight excluding hydrogens is 440 g/mol. The lowest BCUT2D eigenvalue weighted by Crippen LogP contribution is -2.62. The normalized spacial score (nSPS) is 16.2. The van der Waals surface area contributed by atoms with Crippen LogP contribution < -0.4 is 10.6 Å². The molecule has 33 heavy (non-hydrogen) atoms. The van der Waals surface area contributed by atoms with E-state index in [0.29, 0.717) is 32.1 Å². The summed E-state index contributed by atoms with van der Waals surface area (Å²) < 4.78 is 5.18. The van der Waals surface area contributed by atoms with Crippen LogP contribution in [-0.4, -0.2) is 39.4 Å². The molecule has 2 aromatic rings. The number of benzene rings is 1. The molecule has 178 valence electrons. The number of amides is 2. The largest absolute Gasteiger partial charge is 0.406 e. The predicted molar refractivity (Wildman–Crippen MR) is 126 cm³/mol. The minimum absolute atomic E-state index is 0.00223. The number of aromatic nitrogens is 2. The van der Waals surface area contributed by atoms with E-state index in [1.54, 1.807) is 0 Å². The molecule has 0 spiro atoms. The topological polar surface area (TPSA) is 117 Å². The average Bonchev–Trinajstić information content (AvgIpc) is 3.24. The van der Waals surface area contributed by atoms with E-state index >= 15 is 0 Å². The zero-order valence-electron chi connectivity index (χ0n) is 19.2. The van der Waals surface area contributed by atoms with Gasteiger partial charge in [-0.1, -0.05) is 63.4 Å². The Labute approximate surface area is 198 Å². The number of hydrogen-bond acceptors (Lipinski definition) is 6. The van der Waals surface area contributed by atoms with E-state index in [-0.39, 0.29) is 28.5 Å². The lowest BCUT2D eigenvalue weighted by Gasteiger charge is -2.37. The molecule has 1 aliphatic carbocycles. The first-order valence-corrected chi connectivity index (χ1v) is 12.0. The number of aromatic amines is 1. The highest BCUT2D eigenvalue weighted by Gasteiger charge is 2.42. The van der Waals surface area contributed by atoms with Gasteiger partial charge in [-0.25, -0.2) is 5.10 Å². The number of carbonyl (C=O) groups is 3. The highest BCUT2D eigenvalue weighted by Crippen LogP contribution is 2.29. The Morgan fingerprint density at radius 2 is 1.85 bits per heavy atom. The second-order valence-corrected chi connectivity index (χ2v) is 9.49. The Bertz CT molecular complexity index is 1010. The van der Waals surface area contributed by atoms with Crippen molar-refractivity contribution in [3.05, 3.63) is 46.6 Å². The molecule has 1 atom stereocenters. The standard InChI is InChI=1S/C24H32N4O4S/c1-16(2)15-18(20(30)21-27-28-23(33)32-21)25-22(31)24(13-7-4-8-14-24)26-19(29)12-11-17-9-5-3-6-10-17/h3,5-6,9-10,16,18H,4,7-8,11-15H2,1-2H3,(H,25,31)(H,26,29)(H,28,33). The van der Waals surface area contributed by atoms with Gasteiger partial charge in [-0.3, -0.25) is 14.4 Å². The molecule has 3 N–H and O–H groups in total. The van der Waals surface area contributed by atoms with Crippen LogP contribution in [0.5, 0.6) is 0 Å². The number of nitrogens with zero attached hydrogens (tertiary/aromatic N) is 1. The molecule has 0 radical (unpaired) electrons. The zero-order chi connectivity index (χ0) is 23.8. The van der Waals surface area contributed by atoms with E-state index in [1.807, 2.05) is 44.2 Å². The predicted octanol–water partition coefficient (Wildman–Crippen LogP) is 3.90. The Morgan fingerprint density at radius 1 is 1.15 bits per heavy atom. The van der Waals surface area contributed by atoms with Crippen molar-refractivity contribution in [2.45, 2.75) is 76.8 Å². The Morgan fingerprint density at radius 3 is 2.45 bits per heavy atom. The fourth-order valence-electron chi connectivity index (χ4n) is 4.28. The van der Waals surface area contributed by atoms with Crippen molar-refractivity contribution < 1.29 is 18.8 Å². The minimum atomic E-state index is -1.02. The quantitative estimate of drug-likeness (QED) is 0.357. The molecule has 1 heterocycles. The molecule has 1 aromatic carbocycles. The third-order valence-corrected chi connectivity index (χ3v) is 6.16. The highest BCUT2D eigenvalue weighted by molar-refractivity contribution is 7.71. The van der Waals surface area contributed by atoms with Gasteiger partial charge in [0.15, 0.2) is 0 Å². The van der Waals surface area contributed by atoms with Crippen molar-refractivity contribution in [1.29, 1.82) is 0 Å². The first-order chi connectivity index (χ1) is 15.8. The molecule has 0 aliphatic heterocycles. The molecule has 1 saturated carbocycles. The number of aryl methyl sites for hydroxylation is 1. The maximum absolute atomic E-state index is 13.5. The van der Waals surface area contributed by atoms with Gasteiger partial charge in [-0.05, 0) is 49.4 Å². The summed E-state index contributed by atoms with van der Waals surface area (Å²) in [6, 6.07) is 8.95. The molecule has 1 unspecified atom stereocenters. The third-order valence-electron chi connectivity index (χ3n) is 5.98. The van der Waals surface area contributed by atoms with E-state index in [1.165, 1.54) is 0 Å². The van der Waals surface area contributed by atoms with Crippen LogP contribution in [0.3, 0.4) is 0 Å². The summed E-state index contributed by atoms with van der Waals surface area (Å²) in [7, 11) is 0. The zero-order valence-corrected chi connectivity index (χ0v) is 20.0. The number of nitrogens with one attached hydrogen (secondary N) is 3. The summed E-state index contributed by atoms with van der Waals surface area (Å²) in [5.74, 6) is -0.950. The van der Waals surface area contributed by atoms with E-state index in [4.69, 9.17) is 16.6 Å². The van der Waals surface area contributed by atoms with Crippen LogP contribution in [0.15, 0.2) is 34.7 Å². The monoisotopic (exact) mass is 472 g/mol. The van der Waals surface area contributed by atoms with Gasteiger partial charge < -0.3 is 15.1 Å². The van der Waals surface area contributed by atoms with Crippen LogP contribution in [0.1, 0.15) is 75.0 Å². The lowest BCUT2D eigenvalue weighted by atomic mass is 9.80. The third kappa shape index (κ3) is 6.83. The summed E-state index contributed by atoms with van der Waals surface area (Å²) in [6.45, 7) is 3.93. The van der Waals surface area contributed by atoms with Crippen molar-refractivity contribution >= 4 is 29.8 Å². The van der Waals surface area contributed by atoms with Gasteiger partial charge in [-0.2, -0.15) is 0 Å². The molecule has 1 fully saturated rings. The smallest absolute Gasteiger partial charge is 0.284 e. The van der Waals surface area contributed by atoms with Gasteiger partial charge in [0.05, 0.1) is 6.04 Å². The Balaban J connectivity index is 1.72. The molecule has 9 heteroatoms. The molecule has 1 aromatic heterocycles. The van der Waals surface area contributed by atoms with Crippen LogP contribution in [0, 0.1) is 10.8 Å². The molecule has 3 rings (SSSR count). The van der Waals surface area contributed by atoms with Crippen LogP contribution in [0.4, 0.5) is 0 Å². The van der Waals surface area contributed by atoms with Gasteiger partial charge in [0.1, 0.15) is 5.54 Å². The fourth-order valence-corrected chi connectivity index (χ4v) is 4.40. The van der Waals surface area contributed by atoms with Gasteiger partial charge in [0, 0.05) is 6.42 Å². The maximum Gasteiger partial charge on any atom is 0.284 e.